The highest BCUT2D eigenvalue weighted by atomic mass is 32.2. The van der Waals surface area contributed by atoms with Crippen molar-refractivity contribution in [2.24, 2.45) is 0 Å². The third-order valence-electron chi connectivity index (χ3n) is 4.93. The summed E-state index contributed by atoms with van der Waals surface area (Å²) < 4.78 is 15.9. The maximum absolute atomic E-state index is 12.9. The van der Waals surface area contributed by atoms with E-state index in [1.165, 1.54) is 26.0 Å². The minimum atomic E-state index is -1.02. The first-order valence-corrected chi connectivity index (χ1v) is 9.73. The van der Waals surface area contributed by atoms with Gasteiger partial charge in [0.05, 0.1) is 19.9 Å². The van der Waals surface area contributed by atoms with Gasteiger partial charge in [-0.05, 0) is 12.1 Å². The molecule has 148 valence electrons. The molecule has 0 saturated heterocycles. The van der Waals surface area contributed by atoms with E-state index in [1.807, 2.05) is 72.6 Å². The van der Waals surface area contributed by atoms with Crippen LogP contribution in [0.3, 0.4) is 0 Å². The quantitative estimate of drug-likeness (QED) is 0.718. The Morgan fingerprint density at radius 1 is 0.966 bits per heavy atom. The van der Waals surface area contributed by atoms with Crippen molar-refractivity contribution in [2.75, 3.05) is 26.2 Å². The Morgan fingerprint density at radius 3 is 2.28 bits per heavy atom. The molecule has 0 fully saturated rings. The monoisotopic (exact) mass is 409 g/mol. The van der Waals surface area contributed by atoms with E-state index in [0.29, 0.717) is 5.76 Å². The summed E-state index contributed by atoms with van der Waals surface area (Å²) in [7, 11) is 4.41. The van der Waals surface area contributed by atoms with E-state index < -0.39 is 16.8 Å². The number of methoxy groups -OCH3 is 2. The highest BCUT2D eigenvalue weighted by molar-refractivity contribution is 8.01. The second-order valence-corrected chi connectivity index (χ2v) is 7.76. The van der Waals surface area contributed by atoms with Gasteiger partial charge in [-0.15, -0.1) is 0 Å². The Kier molecular flexibility index (Phi) is 4.84. The molecule has 0 aliphatic carbocycles. The minimum absolute atomic E-state index is 0.0928. The normalized spacial score (nSPS) is 20.1. The number of carbonyl (C=O) groups excluding carboxylic acids is 2. The summed E-state index contributed by atoms with van der Waals surface area (Å²) in [5.74, 6) is -1.10. The molecular formula is C22H19NO5S. The van der Waals surface area contributed by atoms with Gasteiger partial charge in [0.25, 0.3) is 0 Å². The lowest BCUT2D eigenvalue weighted by Gasteiger charge is -2.38. The fourth-order valence-electron chi connectivity index (χ4n) is 3.51. The Balaban J connectivity index is 1.98. The molecule has 0 bridgehead atoms. The van der Waals surface area contributed by atoms with Crippen molar-refractivity contribution in [3.05, 3.63) is 77.6 Å². The second-order valence-electron chi connectivity index (χ2n) is 6.49. The van der Waals surface area contributed by atoms with Gasteiger partial charge in [-0.2, -0.15) is 0 Å². The van der Waals surface area contributed by atoms with Gasteiger partial charge in [0.2, 0.25) is 5.76 Å². The number of anilines is 1. The molecule has 2 aromatic carbocycles. The summed E-state index contributed by atoms with van der Waals surface area (Å²) in [4.78, 5) is 27.4. The Bertz CT molecular complexity index is 1050. The molecular weight excluding hydrogens is 390 g/mol. The summed E-state index contributed by atoms with van der Waals surface area (Å²) in [6, 6.07) is 17.2. The number of fused-ring (bicyclic) bond motifs is 1. The molecule has 0 saturated carbocycles. The zero-order valence-corrected chi connectivity index (χ0v) is 17.0. The fraction of sp³-hybridized carbons (Fsp3) is 0.182. The van der Waals surface area contributed by atoms with Crippen LogP contribution < -0.4 is 4.90 Å². The van der Waals surface area contributed by atoms with Crippen LogP contribution in [0, 0.1) is 0 Å². The van der Waals surface area contributed by atoms with Gasteiger partial charge in [-0.1, -0.05) is 54.2 Å². The number of ether oxygens (including phenoxy) is 3. The predicted molar refractivity (Wildman–Crippen MR) is 110 cm³/mol. The van der Waals surface area contributed by atoms with E-state index in [0.717, 1.165) is 16.1 Å². The zero-order chi connectivity index (χ0) is 20.6. The molecule has 1 spiro atoms. The zero-order valence-electron chi connectivity index (χ0n) is 16.2. The van der Waals surface area contributed by atoms with Crippen LogP contribution in [0.5, 0.6) is 0 Å². The van der Waals surface area contributed by atoms with Crippen molar-refractivity contribution < 1.29 is 23.8 Å². The number of hydrogen-bond donors (Lipinski definition) is 0. The number of benzene rings is 2. The number of carbonyl (C=O) groups is 2. The highest BCUT2D eigenvalue weighted by Gasteiger charge is 2.53. The smallest absolute Gasteiger partial charge is 0.374 e. The van der Waals surface area contributed by atoms with Gasteiger partial charge in [0.15, 0.2) is 0 Å². The Labute approximate surface area is 172 Å². The first-order chi connectivity index (χ1) is 14.0. The van der Waals surface area contributed by atoms with Crippen LogP contribution in [0.15, 0.2) is 76.9 Å². The molecule has 4 rings (SSSR count). The van der Waals surface area contributed by atoms with E-state index in [2.05, 4.69) is 0 Å². The Morgan fingerprint density at radius 2 is 1.62 bits per heavy atom. The number of rotatable bonds is 3. The van der Waals surface area contributed by atoms with E-state index in [1.54, 1.807) is 0 Å². The van der Waals surface area contributed by atoms with Crippen LogP contribution in [0.25, 0.3) is 5.76 Å². The van der Waals surface area contributed by atoms with Gasteiger partial charge in [-0.25, -0.2) is 9.59 Å². The molecule has 2 heterocycles. The van der Waals surface area contributed by atoms with E-state index in [9.17, 15) is 9.59 Å². The van der Waals surface area contributed by atoms with Crippen LogP contribution in [-0.4, -0.2) is 38.1 Å². The molecule has 2 aromatic rings. The third kappa shape index (κ3) is 2.98. The molecule has 0 N–H and O–H groups in total. The summed E-state index contributed by atoms with van der Waals surface area (Å²) >= 11 is 1.45. The fourth-order valence-corrected chi connectivity index (χ4v) is 4.98. The topological polar surface area (TPSA) is 65.1 Å². The van der Waals surface area contributed by atoms with E-state index in [-0.39, 0.29) is 11.3 Å². The lowest BCUT2D eigenvalue weighted by molar-refractivity contribution is -0.142. The van der Waals surface area contributed by atoms with Crippen molar-refractivity contribution in [1.82, 2.24) is 0 Å². The summed E-state index contributed by atoms with van der Waals surface area (Å²) in [5.41, 5.74) is 1.81. The molecule has 0 radical (unpaired) electrons. The van der Waals surface area contributed by atoms with E-state index >= 15 is 0 Å². The van der Waals surface area contributed by atoms with Gasteiger partial charge < -0.3 is 19.1 Å². The van der Waals surface area contributed by atoms with Crippen molar-refractivity contribution >= 4 is 35.1 Å². The average Bonchev–Trinajstić information content (AvgIpc) is 3.04. The van der Waals surface area contributed by atoms with E-state index in [4.69, 9.17) is 14.2 Å². The predicted octanol–water partition coefficient (Wildman–Crippen LogP) is 3.60. The lowest BCUT2D eigenvalue weighted by atomic mass is 9.97. The Hall–Kier alpha value is -3.19. The van der Waals surface area contributed by atoms with Crippen LogP contribution in [0.1, 0.15) is 5.56 Å². The lowest BCUT2D eigenvalue weighted by Crippen LogP contribution is -2.47. The second kappa shape index (κ2) is 7.33. The van der Waals surface area contributed by atoms with Crippen LogP contribution in [0.4, 0.5) is 5.69 Å². The van der Waals surface area contributed by atoms with Gasteiger partial charge in [-0.3, -0.25) is 0 Å². The van der Waals surface area contributed by atoms with Crippen LogP contribution in [-0.2, 0) is 23.8 Å². The average molecular weight is 409 g/mol. The van der Waals surface area contributed by atoms with Crippen molar-refractivity contribution in [2.45, 2.75) is 9.77 Å². The van der Waals surface area contributed by atoms with Crippen LogP contribution in [0.2, 0.25) is 0 Å². The largest absolute Gasteiger partial charge is 0.465 e. The SMILES string of the molecule is COC(=O)C1=C(C(=O)OC)C2(C=C(c3ccccc3)O1)Sc1ccccc1N2C. The number of hydrogen-bond acceptors (Lipinski definition) is 7. The maximum atomic E-state index is 12.9. The number of para-hydroxylation sites is 1. The van der Waals surface area contributed by atoms with Crippen molar-refractivity contribution in [3.8, 4) is 0 Å². The molecule has 29 heavy (non-hydrogen) atoms. The molecule has 6 nitrogen and oxygen atoms in total. The molecule has 7 heteroatoms. The molecule has 2 aliphatic rings. The molecule has 1 unspecified atom stereocenters. The minimum Gasteiger partial charge on any atom is -0.465 e. The maximum Gasteiger partial charge on any atom is 0.374 e. The first kappa shape index (κ1) is 19.1. The van der Waals surface area contributed by atoms with Crippen LogP contribution >= 0.6 is 11.8 Å². The molecule has 0 aromatic heterocycles. The molecule has 2 aliphatic heterocycles. The number of thioether (sulfide) groups is 1. The standard InChI is InChI=1S/C22H19NO5S/c1-23-15-11-7-8-12-17(15)29-22(23)13-16(14-9-5-4-6-10-14)28-19(21(25)27-3)18(22)20(24)26-2/h4-13H,1-3H3. The van der Waals surface area contributed by atoms with Crippen molar-refractivity contribution in [1.29, 1.82) is 0 Å². The van der Waals surface area contributed by atoms with Gasteiger partial charge in [0.1, 0.15) is 16.2 Å². The molecule has 0 amide bonds. The molecule has 1 atom stereocenters. The summed E-state index contributed by atoms with van der Waals surface area (Å²) in [5, 5.41) is 0. The highest BCUT2D eigenvalue weighted by Crippen LogP contribution is 2.56. The van der Waals surface area contributed by atoms with Crippen molar-refractivity contribution in [3.63, 3.8) is 0 Å². The first-order valence-electron chi connectivity index (χ1n) is 8.91. The summed E-state index contributed by atoms with van der Waals surface area (Å²) in [6.07, 6.45) is 1.85. The van der Waals surface area contributed by atoms with Gasteiger partial charge >= 0.3 is 11.9 Å². The number of nitrogens with zero attached hydrogens (tertiary/aromatic N) is 1. The third-order valence-corrected chi connectivity index (χ3v) is 6.41. The van der Waals surface area contributed by atoms with Gasteiger partial charge in [0, 0.05) is 23.6 Å². The number of esters is 2. The summed E-state index contributed by atoms with van der Waals surface area (Å²) in [6.45, 7) is 0. The number of likely N-dealkylation sites (N-methyl/N-ethyl adjacent to an activating group) is 1.